The molecule has 3 aliphatic rings. The molecule has 3 fully saturated rings. The van der Waals surface area contributed by atoms with Gasteiger partial charge in [0.15, 0.2) is 5.82 Å². The number of rotatable bonds is 5. The van der Waals surface area contributed by atoms with E-state index < -0.39 is 0 Å². The lowest BCUT2D eigenvalue weighted by molar-refractivity contribution is -0.0302. The van der Waals surface area contributed by atoms with Gasteiger partial charge in [-0.1, -0.05) is 0 Å². The third-order valence-electron chi connectivity index (χ3n) is 5.86. The van der Waals surface area contributed by atoms with Crippen molar-refractivity contribution in [3.63, 3.8) is 0 Å². The van der Waals surface area contributed by atoms with Gasteiger partial charge in [-0.2, -0.15) is 0 Å². The van der Waals surface area contributed by atoms with Crippen molar-refractivity contribution in [2.75, 3.05) is 51.8 Å². The van der Waals surface area contributed by atoms with Crippen LogP contribution in [-0.4, -0.2) is 61.8 Å². The van der Waals surface area contributed by atoms with Crippen molar-refractivity contribution >= 4 is 5.95 Å². The summed E-state index contributed by atoms with van der Waals surface area (Å²) in [6.07, 6.45) is 7.05. The Labute approximate surface area is 149 Å². The Morgan fingerprint density at radius 1 is 1.32 bits per heavy atom. The van der Waals surface area contributed by atoms with Crippen molar-refractivity contribution in [2.24, 2.45) is 17.3 Å². The lowest BCUT2D eigenvalue weighted by Crippen LogP contribution is -2.48. The van der Waals surface area contributed by atoms with Crippen molar-refractivity contribution in [3.8, 4) is 0 Å². The summed E-state index contributed by atoms with van der Waals surface area (Å²) in [6, 6.07) is 0. The highest BCUT2D eigenvalue weighted by Crippen LogP contribution is 2.49. The van der Waals surface area contributed by atoms with Crippen LogP contribution in [0.5, 0.6) is 0 Å². The van der Waals surface area contributed by atoms with Crippen LogP contribution in [0.25, 0.3) is 0 Å². The van der Waals surface area contributed by atoms with E-state index in [0.29, 0.717) is 24.0 Å². The van der Waals surface area contributed by atoms with E-state index in [2.05, 4.69) is 14.9 Å². The maximum Gasteiger partial charge on any atom is 0.225 e. The molecule has 0 atom stereocenters. The number of hydrogen-bond donors (Lipinski definition) is 0. The molecule has 1 spiro atoms. The van der Waals surface area contributed by atoms with E-state index in [1.54, 1.807) is 0 Å². The number of aromatic nitrogens is 2. The summed E-state index contributed by atoms with van der Waals surface area (Å²) >= 11 is 0. The number of halogens is 1. The van der Waals surface area contributed by atoms with Crippen molar-refractivity contribution in [1.82, 2.24) is 14.9 Å². The zero-order chi connectivity index (χ0) is 17.4. The minimum atomic E-state index is -0.279. The molecule has 0 bridgehead atoms. The van der Waals surface area contributed by atoms with Crippen LogP contribution in [0.1, 0.15) is 31.4 Å². The summed E-state index contributed by atoms with van der Waals surface area (Å²) in [7, 11) is 3.76. The fourth-order valence-electron chi connectivity index (χ4n) is 4.48. The maximum absolute atomic E-state index is 14.1. The monoisotopic (exact) mass is 348 g/mol. The lowest BCUT2D eigenvalue weighted by atomic mass is 9.61. The Balaban J connectivity index is 1.36. The highest BCUT2D eigenvalue weighted by molar-refractivity contribution is 5.28. The van der Waals surface area contributed by atoms with Crippen LogP contribution in [0.4, 0.5) is 10.3 Å². The molecule has 0 unspecified atom stereocenters. The van der Waals surface area contributed by atoms with Gasteiger partial charge in [-0.05, 0) is 43.9 Å². The largest absolute Gasteiger partial charge is 0.379 e. The number of anilines is 1. The predicted molar refractivity (Wildman–Crippen MR) is 95.2 cm³/mol. The zero-order valence-corrected chi connectivity index (χ0v) is 15.4. The van der Waals surface area contributed by atoms with Crippen LogP contribution in [0.2, 0.25) is 0 Å². The van der Waals surface area contributed by atoms with Crippen LogP contribution < -0.4 is 4.90 Å². The van der Waals surface area contributed by atoms with Crippen molar-refractivity contribution in [2.45, 2.75) is 32.1 Å². The van der Waals surface area contributed by atoms with Crippen molar-refractivity contribution in [3.05, 3.63) is 17.7 Å². The fraction of sp³-hybridized carbons (Fsp3) is 0.789. The number of ether oxygens (including phenoxy) is 1. The Bertz CT molecular complexity index is 613. The minimum Gasteiger partial charge on any atom is -0.379 e. The second-order valence-corrected chi connectivity index (χ2v) is 8.57. The van der Waals surface area contributed by atoms with Crippen molar-refractivity contribution < 1.29 is 9.13 Å². The molecular weight excluding hydrogens is 319 g/mol. The van der Waals surface area contributed by atoms with Crippen molar-refractivity contribution in [1.29, 1.82) is 0 Å². The Hall–Kier alpha value is -1.27. The molecule has 1 saturated heterocycles. The molecule has 6 heteroatoms. The van der Waals surface area contributed by atoms with Crippen LogP contribution in [0, 0.1) is 23.1 Å². The summed E-state index contributed by atoms with van der Waals surface area (Å²) in [5.74, 6) is 1.73. The van der Waals surface area contributed by atoms with Gasteiger partial charge >= 0.3 is 0 Å². The summed E-state index contributed by atoms with van der Waals surface area (Å²) in [6.45, 7) is 5.17. The summed E-state index contributed by atoms with van der Waals surface area (Å²) < 4.78 is 20.0. The Morgan fingerprint density at radius 2 is 2.12 bits per heavy atom. The average Bonchev–Trinajstić information content (AvgIpc) is 3.36. The molecule has 5 nitrogen and oxygen atoms in total. The third kappa shape index (κ3) is 3.95. The zero-order valence-electron chi connectivity index (χ0n) is 15.4. The molecule has 1 aromatic rings. The molecule has 1 aromatic heterocycles. The van der Waals surface area contributed by atoms with E-state index in [0.717, 1.165) is 45.1 Å². The minimum absolute atomic E-state index is 0.279. The topological polar surface area (TPSA) is 41.5 Å². The summed E-state index contributed by atoms with van der Waals surface area (Å²) in [4.78, 5) is 12.9. The maximum atomic E-state index is 14.1. The first-order chi connectivity index (χ1) is 12.0. The van der Waals surface area contributed by atoms with Gasteiger partial charge in [-0.15, -0.1) is 0 Å². The number of nitrogens with zero attached hydrogens (tertiary/aromatic N) is 4. The van der Waals surface area contributed by atoms with Crippen LogP contribution in [0.15, 0.2) is 6.20 Å². The van der Waals surface area contributed by atoms with E-state index in [1.807, 2.05) is 19.0 Å². The van der Waals surface area contributed by atoms with Gasteiger partial charge in [0.25, 0.3) is 0 Å². The first-order valence-electron chi connectivity index (χ1n) is 9.52. The van der Waals surface area contributed by atoms with E-state index in [-0.39, 0.29) is 11.2 Å². The Morgan fingerprint density at radius 3 is 2.84 bits per heavy atom. The number of hydrogen-bond acceptors (Lipinski definition) is 5. The van der Waals surface area contributed by atoms with E-state index in [9.17, 15) is 4.39 Å². The van der Waals surface area contributed by atoms with Gasteiger partial charge in [-0.3, -0.25) is 0 Å². The van der Waals surface area contributed by atoms with Crippen LogP contribution in [-0.2, 0) is 11.2 Å². The molecule has 0 N–H and O–H groups in total. The highest BCUT2D eigenvalue weighted by Gasteiger charge is 2.47. The van der Waals surface area contributed by atoms with E-state index >= 15 is 0 Å². The summed E-state index contributed by atoms with van der Waals surface area (Å²) in [5, 5.41) is 0. The molecule has 2 heterocycles. The fourth-order valence-corrected chi connectivity index (χ4v) is 4.48. The second-order valence-electron chi connectivity index (χ2n) is 8.57. The SMILES string of the molecule is CN(C)c1ncc(F)c(CC2CC3(COCCN(CC4CC4)C3)C2)n1. The van der Waals surface area contributed by atoms with E-state index in [4.69, 9.17) is 4.74 Å². The third-order valence-corrected chi connectivity index (χ3v) is 5.86. The molecule has 4 rings (SSSR count). The van der Waals surface area contributed by atoms with E-state index in [1.165, 1.54) is 25.6 Å². The highest BCUT2D eigenvalue weighted by atomic mass is 19.1. The molecule has 2 saturated carbocycles. The first-order valence-corrected chi connectivity index (χ1v) is 9.52. The summed E-state index contributed by atoms with van der Waals surface area (Å²) in [5.41, 5.74) is 0.840. The second kappa shape index (κ2) is 6.80. The van der Waals surface area contributed by atoms with Crippen LogP contribution >= 0.6 is 0 Å². The van der Waals surface area contributed by atoms with Gasteiger partial charge in [-0.25, -0.2) is 14.4 Å². The normalized spacial score (nSPS) is 30.1. The molecule has 2 aliphatic carbocycles. The molecule has 0 amide bonds. The van der Waals surface area contributed by atoms with Gasteiger partial charge in [0.1, 0.15) is 0 Å². The van der Waals surface area contributed by atoms with Crippen LogP contribution in [0.3, 0.4) is 0 Å². The quantitative estimate of drug-likeness (QED) is 0.817. The predicted octanol–water partition coefficient (Wildman–Crippen LogP) is 2.36. The van der Waals surface area contributed by atoms with Gasteiger partial charge in [0, 0.05) is 39.1 Å². The smallest absolute Gasteiger partial charge is 0.225 e. The molecule has 0 radical (unpaired) electrons. The van der Waals surface area contributed by atoms with Gasteiger partial charge < -0.3 is 14.5 Å². The standard InChI is InChI=1S/C19H29FN4O/c1-23(2)18-21-10-16(20)17(22-18)7-15-8-19(9-15)12-24(5-6-25-13-19)11-14-3-4-14/h10,14-15H,3-9,11-13H2,1-2H3. The average molecular weight is 348 g/mol. The molecular formula is C19H29FN4O. The first kappa shape index (κ1) is 17.2. The molecule has 1 aliphatic heterocycles. The van der Waals surface area contributed by atoms with Gasteiger partial charge in [0.05, 0.1) is 25.1 Å². The molecule has 0 aromatic carbocycles. The van der Waals surface area contributed by atoms with Gasteiger partial charge in [0.2, 0.25) is 5.95 Å². The Kier molecular flexibility index (Phi) is 4.67. The lowest BCUT2D eigenvalue weighted by Gasteiger charge is -2.48. The molecule has 138 valence electrons. The molecule has 25 heavy (non-hydrogen) atoms.